The van der Waals surface area contributed by atoms with Crippen LogP contribution in [0, 0.1) is 0 Å². The molecule has 0 unspecified atom stereocenters. The van der Waals surface area contributed by atoms with Crippen LogP contribution in [0.15, 0.2) is 41.6 Å². The van der Waals surface area contributed by atoms with Crippen molar-refractivity contribution >= 4 is 0 Å². The Balaban J connectivity index is 2.29. The van der Waals surface area contributed by atoms with Crippen molar-refractivity contribution in [1.29, 1.82) is 0 Å². The van der Waals surface area contributed by atoms with Crippen LogP contribution in [0.4, 0.5) is 0 Å². The molecule has 2 aromatic heterocycles. The maximum atomic E-state index is 11.8. The third-order valence-electron chi connectivity index (χ3n) is 3.76. The van der Waals surface area contributed by atoms with E-state index < -0.39 is 0 Å². The van der Waals surface area contributed by atoms with Gasteiger partial charge in [-0.3, -0.25) is 14.7 Å². The molecule has 1 N–H and O–H groups in total. The second-order valence-electron chi connectivity index (χ2n) is 5.77. The molecule has 0 aliphatic rings. The largest absolute Gasteiger partial charge is 0.503 e. The Morgan fingerprint density at radius 2 is 1.83 bits per heavy atom. The topological polar surface area (TPSA) is 58.4 Å². The molecule has 0 aromatic carbocycles. The summed E-state index contributed by atoms with van der Waals surface area (Å²) in [7, 11) is 0. The molecule has 0 spiro atoms. The van der Waals surface area contributed by atoms with Gasteiger partial charge in [0, 0.05) is 37.2 Å². The molecule has 2 rings (SSSR count). The summed E-state index contributed by atoms with van der Waals surface area (Å²) in [5.41, 5.74) is 1.69. The fourth-order valence-electron chi connectivity index (χ4n) is 2.70. The zero-order valence-corrected chi connectivity index (χ0v) is 13.9. The molecule has 0 aliphatic carbocycles. The van der Waals surface area contributed by atoms with Gasteiger partial charge in [0.15, 0.2) is 5.75 Å². The summed E-state index contributed by atoms with van der Waals surface area (Å²) < 4.78 is 1.95. The first-order chi connectivity index (χ1) is 11.1. The highest BCUT2D eigenvalue weighted by molar-refractivity contribution is 5.22. The van der Waals surface area contributed by atoms with E-state index in [2.05, 4.69) is 23.7 Å². The highest BCUT2D eigenvalue weighted by Gasteiger charge is 2.11. The Labute approximate surface area is 137 Å². The quantitative estimate of drug-likeness (QED) is 0.813. The Bertz CT molecular complexity index is 662. The van der Waals surface area contributed by atoms with E-state index in [0.29, 0.717) is 13.1 Å². The Kier molecular flexibility index (Phi) is 6.35. The van der Waals surface area contributed by atoms with Gasteiger partial charge in [-0.25, -0.2) is 0 Å². The molecule has 2 aromatic rings. The Hall–Kier alpha value is -2.14. The van der Waals surface area contributed by atoms with Crippen molar-refractivity contribution in [2.24, 2.45) is 0 Å². The molecule has 23 heavy (non-hydrogen) atoms. The fourth-order valence-corrected chi connectivity index (χ4v) is 2.70. The predicted octanol–water partition coefficient (Wildman–Crippen LogP) is 2.62. The smallest absolute Gasteiger partial charge is 0.223 e. The van der Waals surface area contributed by atoms with E-state index in [1.165, 1.54) is 6.20 Å². The number of pyridine rings is 2. The Morgan fingerprint density at radius 3 is 2.43 bits per heavy atom. The summed E-state index contributed by atoms with van der Waals surface area (Å²) >= 11 is 0. The molecule has 5 heteroatoms. The van der Waals surface area contributed by atoms with Gasteiger partial charge >= 0.3 is 0 Å². The van der Waals surface area contributed by atoms with Gasteiger partial charge in [-0.2, -0.15) is 0 Å². The van der Waals surface area contributed by atoms with E-state index in [1.54, 1.807) is 18.5 Å². The van der Waals surface area contributed by atoms with Crippen LogP contribution in [-0.4, -0.2) is 32.6 Å². The zero-order chi connectivity index (χ0) is 16.7. The van der Waals surface area contributed by atoms with Crippen LogP contribution in [0.5, 0.6) is 5.75 Å². The molecule has 0 fully saturated rings. The summed E-state index contributed by atoms with van der Waals surface area (Å²) in [4.78, 5) is 18.2. The van der Waals surface area contributed by atoms with Gasteiger partial charge in [-0.1, -0.05) is 13.8 Å². The molecule has 0 saturated carbocycles. The van der Waals surface area contributed by atoms with Gasteiger partial charge in [-0.05, 0) is 43.6 Å². The number of hydrogen-bond donors (Lipinski definition) is 1. The van der Waals surface area contributed by atoms with Crippen molar-refractivity contribution < 1.29 is 5.11 Å². The van der Waals surface area contributed by atoms with E-state index in [0.717, 1.165) is 37.2 Å². The minimum absolute atomic E-state index is 0.208. The number of aromatic hydroxyl groups is 1. The monoisotopic (exact) mass is 315 g/mol. The summed E-state index contributed by atoms with van der Waals surface area (Å²) in [6.07, 6.45) is 7.18. The first-order valence-corrected chi connectivity index (χ1v) is 8.17. The molecule has 0 saturated heterocycles. The lowest BCUT2D eigenvalue weighted by Gasteiger charge is -2.23. The first-order valence-electron chi connectivity index (χ1n) is 8.17. The molecule has 0 radical (unpaired) electrons. The van der Waals surface area contributed by atoms with Crippen molar-refractivity contribution in [2.75, 3.05) is 13.1 Å². The highest BCUT2D eigenvalue weighted by Crippen LogP contribution is 2.12. The first kappa shape index (κ1) is 17.2. The third kappa shape index (κ3) is 4.93. The second kappa shape index (κ2) is 8.48. The van der Waals surface area contributed by atoms with Crippen LogP contribution in [0.3, 0.4) is 0 Å². The van der Waals surface area contributed by atoms with Crippen LogP contribution < -0.4 is 5.43 Å². The zero-order valence-electron chi connectivity index (χ0n) is 13.9. The highest BCUT2D eigenvalue weighted by atomic mass is 16.3. The molecular weight excluding hydrogens is 290 g/mol. The van der Waals surface area contributed by atoms with Gasteiger partial charge in [-0.15, -0.1) is 0 Å². The molecular formula is C18H25N3O2. The number of rotatable bonds is 8. The minimum atomic E-state index is -0.320. The Morgan fingerprint density at radius 1 is 1.17 bits per heavy atom. The minimum Gasteiger partial charge on any atom is -0.503 e. The van der Waals surface area contributed by atoms with Crippen molar-refractivity contribution in [1.82, 2.24) is 14.5 Å². The normalized spacial score (nSPS) is 11.1. The molecule has 0 amide bonds. The lowest BCUT2D eigenvalue weighted by Crippen LogP contribution is -2.28. The predicted molar refractivity (Wildman–Crippen MR) is 91.6 cm³/mol. The van der Waals surface area contributed by atoms with Crippen LogP contribution in [0.25, 0.3) is 0 Å². The van der Waals surface area contributed by atoms with Crippen molar-refractivity contribution in [3.8, 4) is 5.75 Å². The van der Waals surface area contributed by atoms with Gasteiger partial charge in [0.05, 0.1) is 6.20 Å². The molecule has 0 atom stereocenters. The average Bonchev–Trinajstić information content (AvgIpc) is 2.53. The summed E-state index contributed by atoms with van der Waals surface area (Å²) in [6.45, 7) is 7.63. The summed E-state index contributed by atoms with van der Waals surface area (Å²) in [6, 6.07) is 5.43. The standard InChI is InChI=1S/C18H25N3O2/c1-3-9-20(10-4-2)13-16-11-17(22)18(23)14-21(16)12-15-5-7-19-8-6-15/h5-8,11,14,23H,3-4,9-10,12-13H2,1-2H3. The van der Waals surface area contributed by atoms with Crippen molar-refractivity contribution in [2.45, 2.75) is 39.8 Å². The summed E-state index contributed by atoms with van der Waals surface area (Å²) in [5, 5.41) is 9.78. The maximum absolute atomic E-state index is 11.8. The van der Waals surface area contributed by atoms with Gasteiger partial charge in [0.1, 0.15) is 0 Å². The lowest BCUT2D eigenvalue weighted by molar-refractivity contribution is 0.259. The van der Waals surface area contributed by atoms with Gasteiger partial charge in [0.2, 0.25) is 5.43 Å². The molecule has 0 bridgehead atoms. The van der Waals surface area contributed by atoms with Crippen LogP contribution in [0.1, 0.15) is 37.9 Å². The SMILES string of the molecule is CCCN(CCC)Cc1cc(=O)c(O)cn1Cc1ccncc1. The van der Waals surface area contributed by atoms with E-state index >= 15 is 0 Å². The van der Waals surface area contributed by atoms with Crippen LogP contribution >= 0.6 is 0 Å². The second-order valence-corrected chi connectivity index (χ2v) is 5.77. The van der Waals surface area contributed by atoms with E-state index in [1.807, 2.05) is 16.7 Å². The molecule has 0 aliphatic heterocycles. The van der Waals surface area contributed by atoms with Crippen LogP contribution in [-0.2, 0) is 13.1 Å². The molecule has 5 nitrogen and oxygen atoms in total. The number of nitrogens with zero attached hydrogens (tertiary/aromatic N) is 3. The van der Waals surface area contributed by atoms with E-state index in [-0.39, 0.29) is 11.2 Å². The van der Waals surface area contributed by atoms with Crippen molar-refractivity contribution in [3.63, 3.8) is 0 Å². The van der Waals surface area contributed by atoms with Crippen LogP contribution in [0.2, 0.25) is 0 Å². The fraction of sp³-hybridized carbons (Fsp3) is 0.444. The molecule has 2 heterocycles. The maximum Gasteiger partial charge on any atom is 0.223 e. The van der Waals surface area contributed by atoms with Gasteiger partial charge < -0.3 is 9.67 Å². The summed E-state index contributed by atoms with van der Waals surface area (Å²) in [5.74, 6) is -0.208. The van der Waals surface area contributed by atoms with E-state index in [9.17, 15) is 9.90 Å². The average molecular weight is 315 g/mol. The number of aromatic nitrogens is 2. The number of hydrogen-bond acceptors (Lipinski definition) is 4. The van der Waals surface area contributed by atoms with E-state index in [4.69, 9.17) is 0 Å². The third-order valence-corrected chi connectivity index (χ3v) is 3.76. The molecule has 124 valence electrons. The van der Waals surface area contributed by atoms with Gasteiger partial charge in [0.25, 0.3) is 0 Å². The lowest BCUT2D eigenvalue weighted by atomic mass is 10.2. The van der Waals surface area contributed by atoms with Crippen molar-refractivity contribution in [3.05, 3.63) is 58.3 Å².